The summed E-state index contributed by atoms with van der Waals surface area (Å²) in [6.07, 6.45) is 1.08. The molecule has 2 unspecified atom stereocenters. The first-order valence-electron chi connectivity index (χ1n) is 5.93. The maximum Gasteiger partial charge on any atom is 0.0625 e. The van der Waals surface area contributed by atoms with Crippen LogP contribution in [0.5, 0.6) is 0 Å². The van der Waals surface area contributed by atoms with E-state index in [4.69, 9.17) is 10.5 Å². The highest BCUT2D eigenvalue weighted by Gasteiger charge is 2.23. The van der Waals surface area contributed by atoms with E-state index in [1.807, 2.05) is 11.6 Å². The number of ether oxygens (including phenoxy) is 1. The van der Waals surface area contributed by atoms with Gasteiger partial charge in [0.05, 0.1) is 18.8 Å². The molecule has 4 heteroatoms. The van der Waals surface area contributed by atoms with Crippen molar-refractivity contribution in [2.24, 2.45) is 11.7 Å². The number of aryl methyl sites for hydroxylation is 1. The van der Waals surface area contributed by atoms with Crippen molar-refractivity contribution < 1.29 is 4.74 Å². The van der Waals surface area contributed by atoms with Gasteiger partial charge in [-0.3, -0.25) is 4.68 Å². The Morgan fingerprint density at radius 2 is 2.25 bits per heavy atom. The molecule has 0 amide bonds. The average molecular weight is 223 g/mol. The molecule has 1 aliphatic heterocycles. The predicted octanol–water partition coefficient (Wildman–Crippen LogP) is 1.17. The van der Waals surface area contributed by atoms with Crippen LogP contribution in [-0.2, 0) is 11.3 Å². The van der Waals surface area contributed by atoms with Crippen molar-refractivity contribution in [3.8, 4) is 0 Å². The normalized spacial score (nSPS) is 22.6. The second-order valence-electron chi connectivity index (χ2n) is 4.77. The topological polar surface area (TPSA) is 53.1 Å². The van der Waals surface area contributed by atoms with Crippen LogP contribution in [0.15, 0.2) is 0 Å². The molecular formula is C12H21N3O. The van der Waals surface area contributed by atoms with Crippen molar-refractivity contribution in [1.29, 1.82) is 0 Å². The predicted molar refractivity (Wildman–Crippen MR) is 63.3 cm³/mol. The summed E-state index contributed by atoms with van der Waals surface area (Å²) in [5.41, 5.74) is 9.80. The molecule has 1 aromatic rings. The van der Waals surface area contributed by atoms with Crippen LogP contribution in [0, 0.1) is 26.7 Å². The van der Waals surface area contributed by atoms with Gasteiger partial charge in [0.1, 0.15) is 0 Å². The van der Waals surface area contributed by atoms with Crippen molar-refractivity contribution in [3.05, 3.63) is 17.0 Å². The van der Waals surface area contributed by atoms with Gasteiger partial charge < -0.3 is 10.5 Å². The first kappa shape index (κ1) is 11.6. The third kappa shape index (κ3) is 2.13. The molecule has 1 aliphatic rings. The smallest absolute Gasteiger partial charge is 0.0625 e. The molecule has 1 fully saturated rings. The lowest BCUT2D eigenvalue weighted by Gasteiger charge is -2.18. The molecule has 2 rings (SSSR count). The zero-order valence-corrected chi connectivity index (χ0v) is 10.4. The Morgan fingerprint density at radius 3 is 2.75 bits per heavy atom. The van der Waals surface area contributed by atoms with Gasteiger partial charge in [0.15, 0.2) is 0 Å². The van der Waals surface area contributed by atoms with Gasteiger partial charge in [0.25, 0.3) is 0 Å². The lowest BCUT2D eigenvalue weighted by atomic mass is 10.00. The van der Waals surface area contributed by atoms with Crippen LogP contribution in [0.1, 0.15) is 23.4 Å². The van der Waals surface area contributed by atoms with E-state index in [0.29, 0.717) is 5.92 Å². The maximum atomic E-state index is 6.20. The van der Waals surface area contributed by atoms with Gasteiger partial charge in [0.2, 0.25) is 0 Å². The average Bonchev–Trinajstić information content (AvgIpc) is 2.85. The van der Waals surface area contributed by atoms with Gasteiger partial charge in [-0.1, -0.05) is 0 Å². The van der Waals surface area contributed by atoms with Crippen LogP contribution < -0.4 is 5.73 Å². The molecule has 4 nitrogen and oxygen atoms in total. The molecule has 0 saturated carbocycles. The van der Waals surface area contributed by atoms with E-state index in [2.05, 4.69) is 18.9 Å². The minimum absolute atomic E-state index is 0.153. The van der Waals surface area contributed by atoms with E-state index in [0.717, 1.165) is 31.9 Å². The van der Waals surface area contributed by atoms with Crippen LogP contribution in [-0.4, -0.2) is 29.0 Å². The van der Waals surface area contributed by atoms with E-state index in [-0.39, 0.29) is 6.04 Å². The van der Waals surface area contributed by atoms with Gasteiger partial charge in [-0.15, -0.1) is 0 Å². The summed E-state index contributed by atoms with van der Waals surface area (Å²) in [4.78, 5) is 0. The van der Waals surface area contributed by atoms with Gasteiger partial charge in [-0.25, -0.2) is 0 Å². The Kier molecular flexibility index (Phi) is 3.30. The van der Waals surface area contributed by atoms with Crippen molar-refractivity contribution >= 4 is 0 Å². The van der Waals surface area contributed by atoms with E-state index in [9.17, 15) is 0 Å². The Balaban J connectivity index is 2.05. The Labute approximate surface area is 96.8 Å². The van der Waals surface area contributed by atoms with E-state index in [1.165, 1.54) is 11.3 Å². The lowest BCUT2D eigenvalue weighted by molar-refractivity contribution is 0.178. The van der Waals surface area contributed by atoms with E-state index in [1.54, 1.807) is 0 Å². The maximum absolute atomic E-state index is 6.20. The molecule has 1 saturated heterocycles. The van der Waals surface area contributed by atoms with Crippen LogP contribution in [0.3, 0.4) is 0 Å². The number of nitrogens with two attached hydrogens (primary N) is 1. The molecular weight excluding hydrogens is 202 g/mol. The zero-order chi connectivity index (χ0) is 11.7. The number of hydrogen-bond acceptors (Lipinski definition) is 3. The SMILES string of the molecule is Cc1nn(CC(N)C2CCOC2)c(C)c1C. The van der Waals surface area contributed by atoms with Crippen molar-refractivity contribution in [1.82, 2.24) is 9.78 Å². The van der Waals surface area contributed by atoms with E-state index < -0.39 is 0 Å². The van der Waals surface area contributed by atoms with Gasteiger partial charge in [0, 0.05) is 24.3 Å². The molecule has 0 bridgehead atoms. The number of aromatic nitrogens is 2. The first-order valence-corrected chi connectivity index (χ1v) is 5.93. The fourth-order valence-corrected chi connectivity index (χ4v) is 2.20. The van der Waals surface area contributed by atoms with Crippen molar-refractivity contribution in [2.45, 2.75) is 39.8 Å². The van der Waals surface area contributed by atoms with Crippen molar-refractivity contribution in [3.63, 3.8) is 0 Å². The number of rotatable bonds is 3. The zero-order valence-electron chi connectivity index (χ0n) is 10.4. The second-order valence-corrected chi connectivity index (χ2v) is 4.77. The van der Waals surface area contributed by atoms with Crippen LogP contribution in [0.4, 0.5) is 0 Å². The molecule has 2 atom stereocenters. The summed E-state index contributed by atoms with van der Waals surface area (Å²) < 4.78 is 7.40. The van der Waals surface area contributed by atoms with Gasteiger partial charge in [-0.2, -0.15) is 5.10 Å². The molecule has 0 aliphatic carbocycles. The molecule has 2 N–H and O–H groups in total. The molecule has 1 aromatic heterocycles. The van der Waals surface area contributed by atoms with Crippen LogP contribution in [0.2, 0.25) is 0 Å². The quantitative estimate of drug-likeness (QED) is 0.837. The minimum atomic E-state index is 0.153. The number of nitrogens with zero attached hydrogens (tertiary/aromatic N) is 2. The highest BCUT2D eigenvalue weighted by molar-refractivity contribution is 5.22. The Morgan fingerprint density at radius 1 is 1.50 bits per heavy atom. The summed E-state index contributed by atoms with van der Waals surface area (Å²) in [6, 6.07) is 0.153. The summed E-state index contributed by atoms with van der Waals surface area (Å²) in [5.74, 6) is 0.490. The monoisotopic (exact) mass is 223 g/mol. The summed E-state index contributed by atoms with van der Waals surface area (Å²) in [5, 5.41) is 4.52. The lowest BCUT2D eigenvalue weighted by Crippen LogP contribution is -2.35. The van der Waals surface area contributed by atoms with Crippen LogP contribution in [0.25, 0.3) is 0 Å². The summed E-state index contributed by atoms with van der Waals surface area (Å²) in [7, 11) is 0. The van der Waals surface area contributed by atoms with Crippen molar-refractivity contribution in [2.75, 3.05) is 13.2 Å². The summed E-state index contributed by atoms with van der Waals surface area (Å²) >= 11 is 0. The first-order chi connectivity index (χ1) is 7.59. The molecule has 0 spiro atoms. The molecule has 90 valence electrons. The minimum Gasteiger partial charge on any atom is -0.381 e. The molecule has 2 heterocycles. The third-order valence-electron chi connectivity index (χ3n) is 3.70. The highest BCUT2D eigenvalue weighted by atomic mass is 16.5. The largest absolute Gasteiger partial charge is 0.381 e. The van der Waals surface area contributed by atoms with Gasteiger partial charge in [-0.05, 0) is 32.8 Å². The Bertz CT molecular complexity index is 367. The highest BCUT2D eigenvalue weighted by Crippen LogP contribution is 2.18. The van der Waals surface area contributed by atoms with Gasteiger partial charge >= 0.3 is 0 Å². The number of hydrogen-bond donors (Lipinski definition) is 1. The second kappa shape index (κ2) is 4.55. The standard InChI is InChI=1S/C12H21N3O/c1-8-9(2)14-15(10(8)3)6-12(13)11-4-5-16-7-11/h11-12H,4-7,13H2,1-3H3. The molecule has 16 heavy (non-hydrogen) atoms. The Hall–Kier alpha value is -0.870. The van der Waals surface area contributed by atoms with E-state index >= 15 is 0 Å². The molecule has 0 radical (unpaired) electrons. The fraction of sp³-hybridized carbons (Fsp3) is 0.750. The third-order valence-corrected chi connectivity index (χ3v) is 3.70. The molecule has 0 aromatic carbocycles. The van der Waals surface area contributed by atoms with Crippen LogP contribution >= 0.6 is 0 Å². The summed E-state index contributed by atoms with van der Waals surface area (Å²) in [6.45, 7) is 8.72. The fourth-order valence-electron chi connectivity index (χ4n) is 2.20.